The predicted molar refractivity (Wildman–Crippen MR) is 291 cm³/mol. The first kappa shape index (κ1) is 46.2. The summed E-state index contributed by atoms with van der Waals surface area (Å²) in [5, 5.41) is 0. The van der Waals surface area contributed by atoms with Crippen molar-refractivity contribution in [2.24, 2.45) is 14.1 Å². The minimum atomic E-state index is -0.784. The molecule has 0 saturated carbocycles. The quantitative estimate of drug-likeness (QED) is 0.127. The summed E-state index contributed by atoms with van der Waals surface area (Å²) in [6.07, 6.45) is 0. The molecule has 12 nitrogen and oxygen atoms in total. The average Bonchev–Trinajstić information content (AvgIpc) is 3.86. The zero-order chi connectivity index (χ0) is 52.6. The van der Waals surface area contributed by atoms with Gasteiger partial charge in [-0.3, -0.25) is 9.13 Å². The largest absolute Gasteiger partial charge is 0.394 e. The second kappa shape index (κ2) is 18.1. The standard InChI is InChI=1S/C65H39N2O10/c1-66-45-27-15-3-9-21-39(45)54(60(66)68)51(55-40-22-10-4-16-28-46(40)67(2)61(55)69)36-33-37(52(56-41-23-11-5-17-29-47(41)74-62(56)70)57-42-24-12-6-18-30-48(42)75-63(57)71)35-38(34-36)53(58-43-25-13-7-19-31-49(43)76-64(58)72)59-44-26-14-8-20-32-50(44)77-65(59)73/h3-35H,1-2H3/q+3. The number of hydrogen-bond acceptors (Lipinski definition) is 10. The van der Waals surface area contributed by atoms with Crippen molar-refractivity contribution in [3.05, 3.63) is 330 Å². The monoisotopic (exact) mass is 1010 g/mol. The van der Waals surface area contributed by atoms with Crippen LogP contribution in [0, 0.1) is 17.8 Å². The van der Waals surface area contributed by atoms with Gasteiger partial charge in [-0.25, -0.2) is 28.8 Å². The van der Waals surface area contributed by atoms with Crippen LogP contribution >= 0.6 is 0 Å². The van der Waals surface area contributed by atoms with Crippen LogP contribution in [-0.4, -0.2) is 9.13 Å². The third-order valence-corrected chi connectivity index (χ3v) is 14.3. The Balaban J connectivity index is 1.24. The number of rotatable bonds is 9. The van der Waals surface area contributed by atoms with Crippen LogP contribution in [0.4, 0.5) is 0 Å². The third kappa shape index (κ3) is 7.33. The first-order chi connectivity index (χ1) is 37.6. The van der Waals surface area contributed by atoms with Crippen molar-refractivity contribution < 1.29 is 17.7 Å². The normalized spacial score (nSPS) is 11.6. The molecule has 0 saturated heterocycles. The summed E-state index contributed by atoms with van der Waals surface area (Å²) in [6, 6.07) is 57.7. The highest BCUT2D eigenvalue weighted by Crippen LogP contribution is 2.48. The van der Waals surface area contributed by atoms with Gasteiger partial charge in [0.05, 0.1) is 79.2 Å². The third-order valence-electron chi connectivity index (χ3n) is 14.3. The van der Waals surface area contributed by atoms with Crippen LogP contribution in [0.15, 0.2) is 247 Å². The SMILES string of the molecule is Cn1c2cccccc-2c([C+](c2cc([C+](c3c4cccccc-4oc3=O)c3c4cccccc-4oc3=O)cc([C+](c3c4cccccc-4oc3=O)c3c4cccccc-4oc3=O)c2)c2c3cccccc-3n(C)c2=O)c1=O. The van der Waals surface area contributed by atoms with Crippen LogP contribution in [0.1, 0.15) is 50.1 Å². The molecular formula is C65H39N2O10+3. The van der Waals surface area contributed by atoms with Gasteiger partial charge in [0.25, 0.3) is 0 Å². The predicted octanol–water partition coefficient (Wildman–Crippen LogP) is 10.6. The number of benzene rings is 1. The van der Waals surface area contributed by atoms with Crippen molar-refractivity contribution in [3.8, 4) is 67.8 Å². The van der Waals surface area contributed by atoms with Crippen LogP contribution in [-0.2, 0) is 14.1 Å². The Labute approximate surface area is 437 Å². The molecule has 0 aromatic heterocycles. The maximum absolute atomic E-state index is 15.4. The van der Waals surface area contributed by atoms with Gasteiger partial charge in [-0.1, -0.05) is 109 Å². The number of furan rings is 4. The maximum atomic E-state index is 15.4. The van der Waals surface area contributed by atoms with Crippen molar-refractivity contribution in [2.75, 3.05) is 0 Å². The van der Waals surface area contributed by atoms with E-state index in [-0.39, 0.29) is 90.9 Å². The Bertz CT molecular complexity index is 4170. The Morgan fingerprint density at radius 1 is 0.286 bits per heavy atom. The van der Waals surface area contributed by atoms with E-state index in [1.54, 1.807) is 154 Å². The first-order valence-electron chi connectivity index (χ1n) is 24.6. The molecule has 77 heavy (non-hydrogen) atoms. The van der Waals surface area contributed by atoms with E-state index < -0.39 is 33.6 Å². The van der Waals surface area contributed by atoms with Crippen LogP contribution in [0.3, 0.4) is 0 Å². The number of nitrogens with zero attached hydrogens (tertiary/aromatic N) is 2. The van der Waals surface area contributed by atoms with Gasteiger partial charge in [0.2, 0.25) is 0 Å². The van der Waals surface area contributed by atoms with Gasteiger partial charge in [0, 0.05) is 32.3 Å². The summed E-state index contributed by atoms with van der Waals surface area (Å²) in [5.41, 5.74) is 0.397. The van der Waals surface area contributed by atoms with E-state index in [1.807, 2.05) is 60.7 Å². The molecule has 12 heteroatoms. The maximum Gasteiger partial charge on any atom is 0.394 e. The lowest BCUT2D eigenvalue weighted by atomic mass is 9.75. The van der Waals surface area contributed by atoms with E-state index in [9.17, 15) is 19.2 Å². The van der Waals surface area contributed by atoms with Crippen LogP contribution in [0.2, 0.25) is 0 Å². The van der Waals surface area contributed by atoms with Crippen LogP contribution < -0.4 is 33.6 Å². The molecule has 0 radical (unpaired) electrons. The van der Waals surface area contributed by atoms with E-state index in [4.69, 9.17) is 17.7 Å². The van der Waals surface area contributed by atoms with Crippen molar-refractivity contribution in [2.45, 2.75) is 0 Å². The zero-order valence-corrected chi connectivity index (χ0v) is 41.0. The highest BCUT2D eigenvalue weighted by molar-refractivity contribution is 5.85. The summed E-state index contributed by atoms with van der Waals surface area (Å²) in [7, 11) is 3.32. The smallest absolute Gasteiger partial charge is 0.390 e. The summed E-state index contributed by atoms with van der Waals surface area (Å²) in [6.45, 7) is 0. The molecular weight excluding hydrogens is 969 g/mol. The molecule has 13 rings (SSSR count). The summed E-state index contributed by atoms with van der Waals surface area (Å²) < 4.78 is 27.1. The Morgan fingerprint density at radius 2 is 0.519 bits per heavy atom. The fraction of sp³-hybridized carbons (Fsp3) is 0.0308. The van der Waals surface area contributed by atoms with Crippen molar-refractivity contribution in [1.29, 1.82) is 0 Å². The van der Waals surface area contributed by atoms with Crippen LogP contribution in [0.5, 0.6) is 0 Å². The molecule has 6 aliphatic carbocycles. The number of hydrogen-bond donors (Lipinski definition) is 0. The second-order valence-corrected chi connectivity index (χ2v) is 18.6. The Hall–Kier alpha value is -10.6. The summed E-state index contributed by atoms with van der Waals surface area (Å²) in [4.78, 5) is 90.2. The van der Waals surface area contributed by atoms with Gasteiger partial charge in [-0.05, 0) is 72.8 Å². The summed E-state index contributed by atoms with van der Waals surface area (Å²) >= 11 is 0. The lowest BCUT2D eigenvalue weighted by Crippen LogP contribution is -2.25. The number of fused-ring (bicyclic) bond motifs is 6. The molecule has 0 unspecified atom stereocenters. The average molecular weight is 1010 g/mol. The zero-order valence-electron chi connectivity index (χ0n) is 41.0. The van der Waals surface area contributed by atoms with Crippen molar-refractivity contribution in [1.82, 2.24) is 9.13 Å². The lowest BCUT2D eigenvalue weighted by molar-refractivity contribution is 0.538. The molecule has 366 valence electrons. The van der Waals surface area contributed by atoms with E-state index in [0.29, 0.717) is 44.8 Å². The molecule has 6 heterocycles. The first-order valence-corrected chi connectivity index (χ1v) is 24.6. The molecule has 6 aliphatic heterocycles. The summed E-state index contributed by atoms with van der Waals surface area (Å²) in [5.74, 6) is 1.18. The van der Waals surface area contributed by atoms with Gasteiger partial charge in [-0.15, -0.1) is 0 Å². The van der Waals surface area contributed by atoms with Crippen molar-refractivity contribution in [3.63, 3.8) is 0 Å². The van der Waals surface area contributed by atoms with E-state index in [0.717, 1.165) is 0 Å². The molecule has 1 aromatic rings. The minimum Gasteiger partial charge on any atom is -0.390 e. The fourth-order valence-corrected chi connectivity index (χ4v) is 10.9. The molecule has 0 bridgehead atoms. The molecule has 0 amide bonds. The Morgan fingerprint density at radius 3 is 0.805 bits per heavy atom. The fourth-order valence-electron chi connectivity index (χ4n) is 10.9. The van der Waals surface area contributed by atoms with E-state index >= 15 is 9.59 Å². The molecule has 12 aliphatic rings. The van der Waals surface area contributed by atoms with Gasteiger partial charge in [0.15, 0.2) is 45.3 Å². The second-order valence-electron chi connectivity index (χ2n) is 18.6. The van der Waals surface area contributed by atoms with Gasteiger partial charge < -0.3 is 17.7 Å². The lowest BCUT2D eigenvalue weighted by Gasteiger charge is -2.18. The highest BCUT2D eigenvalue weighted by atomic mass is 16.4. The molecule has 0 N–H and O–H groups in total. The van der Waals surface area contributed by atoms with Gasteiger partial charge >= 0.3 is 33.6 Å². The highest BCUT2D eigenvalue weighted by Gasteiger charge is 2.46. The van der Waals surface area contributed by atoms with Gasteiger partial charge in [0.1, 0.15) is 11.1 Å². The Kier molecular flexibility index (Phi) is 10.9. The van der Waals surface area contributed by atoms with Crippen LogP contribution in [0.25, 0.3) is 67.8 Å². The van der Waals surface area contributed by atoms with E-state index in [1.165, 1.54) is 9.13 Å². The molecule has 0 spiro atoms. The number of aromatic nitrogens is 2. The molecule has 0 atom stereocenters. The topological polar surface area (TPSA) is 165 Å². The molecule has 1 aromatic carbocycles. The molecule has 0 fully saturated rings. The minimum absolute atomic E-state index is 0.00676. The van der Waals surface area contributed by atoms with Crippen molar-refractivity contribution >= 4 is 0 Å². The van der Waals surface area contributed by atoms with Gasteiger partial charge in [-0.2, -0.15) is 0 Å². The van der Waals surface area contributed by atoms with E-state index in [2.05, 4.69) is 0 Å².